The van der Waals surface area contributed by atoms with Gasteiger partial charge in [-0.3, -0.25) is 0 Å². The van der Waals surface area contributed by atoms with Crippen molar-refractivity contribution in [3.05, 3.63) is 29.8 Å². The summed E-state index contributed by atoms with van der Waals surface area (Å²) in [7, 11) is -8.67. The van der Waals surface area contributed by atoms with Crippen LogP contribution in [0.3, 0.4) is 0 Å². The molecular formula is C7H19B4NaO12. The van der Waals surface area contributed by atoms with Crippen LogP contribution in [0, 0.1) is 6.92 Å². The molecule has 0 aliphatic heterocycles. The Morgan fingerprint density at radius 1 is 0.625 bits per heavy atom. The average molecular weight is 361 g/mol. The van der Waals surface area contributed by atoms with Crippen molar-refractivity contribution in [3.8, 4) is 0 Å². The molecule has 0 aliphatic carbocycles. The molecule has 0 unspecified atom stereocenters. The van der Waals surface area contributed by atoms with Crippen molar-refractivity contribution in [1.29, 1.82) is 0 Å². The maximum atomic E-state index is 7.17. The molecule has 0 heterocycles. The van der Waals surface area contributed by atoms with Crippen LogP contribution in [-0.2, 0) is 0 Å². The first kappa shape index (κ1) is 31.7. The average Bonchev–Trinajstić information content (AvgIpc) is 2.24. The number of rotatable bonds is 0. The molecule has 132 valence electrons. The molecule has 0 amide bonds. The normalized spacial score (nSPS) is 7.62. The van der Waals surface area contributed by atoms with Gasteiger partial charge in [0.15, 0.2) is 0 Å². The predicted molar refractivity (Wildman–Crippen MR) is 86.2 cm³/mol. The third kappa shape index (κ3) is 97.0. The van der Waals surface area contributed by atoms with E-state index in [1.165, 1.54) is 36.3 Å². The Kier molecular flexibility index (Phi) is 30.4. The van der Waals surface area contributed by atoms with Crippen molar-refractivity contribution >= 4 is 60.0 Å². The van der Waals surface area contributed by atoms with E-state index >= 15 is 0 Å². The van der Waals surface area contributed by atoms with Crippen LogP contribution in [-0.4, -0.2) is 118 Å². The first-order valence-electron chi connectivity index (χ1n) is 5.92. The maximum absolute atomic E-state index is 7.17. The first-order valence-corrected chi connectivity index (χ1v) is 6.92. The molecule has 1 aromatic rings. The molecule has 0 atom stereocenters. The summed E-state index contributed by atoms with van der Waals surface area (Å²) in [5.74, 6) is 0. The van der Waals surface area contributed by atoms with Crippen molar-refractivity contribution in [2.75, 3.05) is 0 Å². The number of hydrogen-bond acceptors (Lipinski definition) is 12. The molecule has 12 N–H and O–H groups in total. The largest absolute Gasteiger partial charge is 0.631 e. The van der Waals surface area contributed by atoms with Gasteiger partial charge in [0.05, 0.1) is 0 Å². The molecule has 0 fully saturated rings. The standard InChI is InChI=1S/C7H7.4BH3O3.Na/c1-7-5-3-2-4-6-7;4*2-1(3)4;/h2-3,5-6H,1H3;4*2-4H;. The topological polar surface area (TPSA) is 243 Å². The zero-order valence-electron chi connectivity index (χ0n) is 13.0. The van der Waals surface area contributed by atoms with E-state index in [-0.39, 0.29) is 0 Å². The van der Waals surface area contributed by atoms with Gasteiger partial charge in [-0.1, -0.05) is 0 Å². The fourth-order valence-electron chi connectivity index (χ4n) is 0.807. The Morgan fingerprint density at radius 2 is 0.875 bits per heavy atom. The summed E-state index contributed by atoms with van der Waals surface area (Å²) >= 11 is 1.17. The minimum atomic E-state index is -2.17. The number of aryl methyl sites for hydroxylation is 1. The van der Waals surface area contributed by atoms with Gasteiger partial charge in [0.2, 0.25) is 0 Å². The fraction of sp³-hybridized carbons (Fsp3) is 0.143. The summed E-state index contributed by atoms with van der Waals surface area (Å²) in [6.07, 6.45) is 0. The molecule has 0 aliphatic rings. The summed E-state index contributed by atoms with van der Waals surface area (Å²) in [6, 6.07) is 8.63. The van der Waals surface area contributed by atoms with E-state index in [0.29, 0.717) is 0 Å². The Bertz CT molecular complexity index is 306. The summed E-state index contributed by atoms with van der Waals surface area (Å²) in [5.41, 5.74) is 1.37. The van der Waals surface area contributed by atoms with Crippen LogP contribution in [0.25, 0.3) is 0 Å². The van der Waals surface area contributed by atoms with Crippen LogP contribution in [0.1, 0.15) is 5.56 Å². The van der Waals surface area contributed by atoms with Gasteiger partial charge >= 0.3 is 96.8 Å². The fourth-order valence-corrected chi connectivity index (χ4v) is 1.45. The Labute approximate surface area is 157 Å². The second-order valence-corrected chi connectivity index (χ2v) is 4.70. The molecule has 0 saturated heterocycles. The first-order chi connectivity index (χ1) is 10.7. The van der Waals surface area contributed by atoms with Crippen LogP contribution in [0.2, 0.25) is 0 Å². The molecule has 0 aromatic heterocycles. The van der Waals surface area contributed by atoms with Crippen molar-refractivity contribution in [1.82, 2.24) is 0 Å². The molecule has 0 radical (unpaired) electrons. The zero-order chi connectivity index (χ0) is 20.3. The van der Waals surface area contributed by atoms with E-state index in [1.807, 2.05) is 0 Å². The molecule has 12 nitrogen and oxygen atoms in total. The quantitative estimate of drug-likeness (QED) is 0.193. The molecule has 0 saturated carbocycles. The molecule has 0 spiro atoms. The third-order valence-electron chi connectivity index (χ3n) is 1.17. The molecule has 24 heavy (non-hydrogen) atoms. The SMILES string of the molecule is Cc1ccc[c]([Na])c1.OB(O)O.OB(O)O.OB(O)O.OB(O)O. The van der Waals surface area contributed by atoms with Crippen LogP contribution >= 0.6 is 0 Å². The summed E-state index contributed by atoms with van der Waals surface area (Å²) in [5, 5.41) is 86.0. The Balaban J connectivity index is -0.000000110. The van der Waals surface area contributed by atoms with Crippen molar-refractivity contribution in [2.45, 2.75) is 6.92 Å². The molecule has 17 heteroatoms. The number of benzene rings is 1. The van der Waals surface area contributed by atoms with Gasteiger partial charge in [-0.05, 0) is 0 Å². The summed E-state index contributed by atoms with van der Waals surface area (Å²) in [6.45, 7) is 2.13. The van der Waals surface area contributed by atoms with Gasteiger partial charge in [0, 0.05) is 0 Å². The van der Waals surface area contributed by atoms with Crippen molar-refractivity contribution in [3.63, 3.8) is 0 Å². The molecule has 0 bridgehead atoms. The second-order valence-electron chi connectivity index (χ2n) is 3.54. The van der Waals surface area contributed by atoms with Crippen LogP contribution in [0.15, 0.2) is 24.3 Å². The summed E-state index contributed by atoms with van der Waals surface area (Å²) < 4.78 is 1.48. The zero-order valence-corrected chi connectivity index (χ0v) is 15.0. The van der Waals surface area contributed by atoms with E-state index in [9.17, 15) is 0 Å². The van der Waals surface area contributed by atoms with Crippen LogP contribution < -0.4 is 2.81 Å². The predicted octanol–water partition coefficient (Wildman–Crippen LogP) is -7.42. The van der Waals surface area contributed by atoms with Crippen LogP contribution in [0.5, 0.6) is 0 Å². The van der Waals surface area contributed by atoms with Crippen molar-refractivity contribution in [2.24, 2.45) is 0 Å². The molecule has 1 rings (SSSR count). The molecule has 1 aromatic carbocycles. The van der Waals surface area contributed by atoms with Gasteiger partial charge < -0.3 is 60.3 Å². The summed E-state index contributed by atoms with van der Waals surface area (Å²) in [4.78, 5) is 0. The minimum Gasteiger partial charge on any atom is -0.402 e. The van der Waals surface area contributed by atoms with Gasteiger partial charge in [-0.2, -0.15) is 0 Å². The van der Waals surface area contributed by atoms with Gasteiger partial charge in [-0.25, -0.2) is 0 Å². The maximum Gasteiger partial charge on any atom is 0.631 e. The van der Waals surface area contributed by atoms with Gasteiger partial charge in [-0.15, -0.1) is 0 Å². The van der Waals surface area contributed by atoms with Crippen molar-refractivity contribution < 1.29 is 60.3 Å². The van der Waals surface area contributed by atoms with E-state index in [1.54, 1.807) is 0 Å². The van der Waals surface area contributed by atoms with Gasteiger partial charge in [0.1, 0.15) is 0 Å². The van der Waals surface area contributed by atoms with Gasteiger partial charge in [0.25, 0.3) is 0 Å². The molecular weight excluding hydrogens is 342 g/mol. The van der Waals surface area contributed by atoms with E-state index < -0.39 is 29.3 Å². The smallest absolute Gasteiger partial charge is 0.402 e. The Morgan fingerprint density at radius 3 is 1.00 bits per heavy atom. The van der Waals surface area contributed by atoms with Crippen LogP contribution in [0.4, 0.5) is 0 Å². The van der Waals surface area contributed by atoms with E-state index in [2.05, 4.69) is 31.2 Å². The monoisotopic (exact) mass is 362 g/mol. The van der Waals surface area contributed by atoms with E-state index in [4.69, 9.17) is 60.3 Å². The Hall–Kier alpha value is -0.000260. The third-order valence-corrected chi connectivity index (χ3v) is 1.80. The minimum absolute atomic E-state index is 1.17. The van der Waals surface area contributed by atoms with E-state index in [0.717, 1.165) is 0 Å². The number of hydrogen-bond donors (Lipinski definition) is 12. The second kappa shape index (κ2) is 23.0.